The van der Waals surface area contributed by atoms with Gasteiger partial charge in [0.05, 0.1) is 19.3 Å². The van der Waals surface area contributed by atoms with Crippen molar-refractivity contribution in [1.82, 2.24) is 15.6 Å². The average molecular weight is 500 g/mol. The lowest BCUT2D eigenvalue weighted by molar-refractivity contribution is 0.406. The highest BCUT2D eigenvalue weighted by Gasteiger charge is 2.21. The van der Waals surface area contributed by atoms with Crippen LogP contribution in [0.1, 0.15) is 36.2 Å². The first-order valence-electron chi connectivity index (χ1n) is 8.98. The van der Waals surface area contributed by atoms with Crippen LogP contribution in [0.3, 0.4) is 0 Å². The summed E-state index contributed by atoms with van der Waals surface area (Å²) in [5, 5.41) is 6.59. The van der Waals surface area contributed by atoms with Crippen LogP contribution in [0.5, 0.6) is 5.75 Å². The fraction of sp³-hybridized carbons (Fsp3) is 0.429. The smallest absolute Gasteiger partial charge is 0.191 e. The molecular weight excluding hydrogens is 470 g/mol. The van der Waals surface area contributed by atoms with E-state index in [9.17, 15) is 4.39 Å². The number of aliphatic imine (C=N–C) groups is 1. The van der Waals surface area contributed by atoms with E-state index in [-0.39, 0.29) is 35.2 Å². The van der Waals surface area contributed by atoms with E-state index in [2.05, 4.69) is 34.5 Å². The molecule has 0 fully saturated rings. The van der Waals surface area contributed by atoms with Crippen molar-refractivity contribution in [2.75, 3.05) is 20.7 Å². The largest absolute Gasteiger partial charge is 0.496 e. The molecule has 0 aliphatic carbocycles. The molecule has 154 valence electrons. The standard InChI is InChI=1S/C21H29FN4O.HI/c1-14-11-24-18(15(2)19(14)27-6)12-25-20(23-5)26-13-21(3,4)16-8-7-9-17(22)10-16;/h7-11H,12-13H2,1-6H3,(H2,23,25,26);1H. The maximum absolute atomic E-state index is 13.5. The summed E-state index contributed by atoms with van der Waals surface area (Å²) >= 11 is 0. The molecule has 0 aliphatic heterocycles. The molecule has 0 amide bonds. The topological polar surface area (TPSA) is 58.5 Å². The maximum Gasteiger partial charge on any atom is 0.191 e. The van der Waals surface area contributed by atoms with Gasteiger partial charge in [-0.25, -0.2) is 4.39 Å². The number of hydrogen-bond acceptors (Lipinski definition) is 3. The summed E-state index contributed by atoms with van der Waals surface area (Å²) < 4.78 is 19.0. The van der Waals surface area contributed by atoms with Gasteiger partial charge in [0.25, 0.3) is 0 Å². The second-order valence-electron chi connectivity index (χ2n) is 7.22. The highest BCUT2D eigenvalue weighted by Crippen LogP contribution is 2.24. The van der Waals surface area contributed by atoms with Gasteiger partial charge in [-0.15, -0.1) is 24.0 Å². The Morgan fingerprint density at radius 3 is 2.57 bits per heavy atom. The van der Waals surface area contributed by atoms with Crippen molar-refractivity contribution in [3.05, 3.63) is 58.7 Å². The minimum absolute atomic E-state index is 0. The van der Waals surface area contributed by atoms with E-state index in [1.807, 2.05) is 26.1 Å². The van der Waals surface area contributed by atoms with Crippen LogP contribution >= 0.6 is 24.0 Å². The summed E-state index contributed by atoms with van der Waals surface area (Å²) in [5.74, 6) is 1.30. The van der Waals surface area contributed by atoms with Crippen molar-refractivity contribution < 1.29 is 9.13 Å². The number of hydrogen-bond donors (Lipinski definition) is 2. The predicted octanol–water partition coefficient (Wildman–Crippen LogP) is 4.11. The zero-order valence-corrected chi connectivity index (χ0v) is 19.7. The number of guanidine groups is 1. The second kappa shape index (κ2) is 10.6. The van der Waals surface area contributed by atoms with Crippen molar-refractivity contribution in [3.63, 3.8) is 0 Å². The SMILES string of the molecule is CN=C(NCc1ncc(C)c(OC)c1C)NCC(C)(C)c1cccc(F)c1.I. The van der Waals surface area contributed by atoms with Crippen molar-refractivity contribution in [1.29, 1.82) is 0 Å². The Balaban J connectivity index is 0.00000392. The van der Waals surface area contributed by atoms with Crippen molar-refractivity contribution in [2.45, 2.75) is 39.7 Å². The first kappa shape index (κ1) is 24.1. The summed E-state index contributed by atoms with van der Waals surface area (Å²) in [4.78, 5) is 8.76. The summed E-state index contributed by atoms with van der Waals surface area (Å²) in [6.45, 7) is 9.25. The maximum atomic E-state index is 13.5. The Hall–Kier alpha value is -1.90. The summed E-state index contributed by atoms with van der Waals surface area (Å²) in [6, 6.07) is 6.70. The molecule has 0 spiro atoms. The number of pyridine rings is 1. The number of halogens is 2. The van der Waals surface area contributed by atoms with E-state index in [0.29, 0.717) is 19.0 Å². The molecule has 0 saturated heterocycles. The number of ether oxygens (including phenoxy) is 1. The van der Waals surface area contributed by atoms with E-state index in [4.69, 9.17) is 4.74 Å². The Labute approximate surface area is 184 Å². The molecule has 2 N–H and O–H groups in total. The van der Waals surface area contributed by atoms with Gasteiger partial charge < -0.3 is 15.4 Å². The molecular formula is C21H30FIN4O. The lowest BCUT2D eigenvalue weighted by atomic mass is 9.84. The number of aryl methyl sites for hydroxylation is 1. The quantitative estimate of drug-likeness (QED) is 0.356. The van der Waals surface area contributed by atoms with E-state index in [1.54, 1.807) is 26.3 Å². The number of rotatable bonds is 6. The molecule has 0 unspecified atom stereocenters. The fourth-order valence-electron chi connectivity index (χ4n) is 2.95. The highest BCUT2D eigenvalue weighted by molar-refractivity contribution is 14.0. The monoisotopic (exact) mass is 500 g/mol. The van der Waals surface area contributed by atoms with Gasteiger partial charge in [0, 0.05) is 36.3 Å². The van der Waals surface area contributed by atoms with Gasteiger partial charge in [0.1, 0.15) is 11.6 Å². The Morgan fingerprint density at radius 1 is 1.25 bits per heavy atom. The van der Waals surface area contributed by atoms with Gasteiger partial charge >= 0.3 is 0 Å². The molecule has 0 aliphatic rings. The first-order valence-corrected chi connectivity index (χ1v) is 8.98. The normalized spacial score (nSPS) is 11.6. The number of methoxy groups -OCH3 is 1. The minimum atomic E-state index is -0.249. The minimum Gasteiger partial charge on any atom is -0.496 e. The highest BCUT2D eigenvalue weighted by atomic mass is 127. The number of nitrogens with zero attached hydrogens (tertiary/aromatic N) is 2. The van der Waals surface area contributed by atoms with Crippen LogP contribution in [0.25, 0.3) is 0 Å². The van der Waals surface area contributed by atoms with Gasteiger partial charge in [-0.05, 0) is 31.5 Å². The van der Waals surface area contributed by atoms with Crippen LogP contribution < -0.4 is 15.4 Å². The summed E-state index contributed by atoms with van der Waals surface area (Å²) in [7, 11) is 3.39. The molecule has 28 heavy (non-hydrogen) atoms. The second-order valence-corrected chi connectivity index (χ2v) is 7.22. The third-order valence-electron chi connectivity index (χ3n) is 4.70. The third-order valence-corrected chi connectivity index (χ3v) is 4.70. The molecule has 0 bridgehead atoms. The average Bonchev–Trinajstić information content (AvgIpc) is 2.63. The third kappa shape index (κ3) is 6.05. The van der Waals surface area contributed by atoms with Gasteiger partial charge in [-0.1, -0.05) is 26.0 Å². The summed E-state index contributed by atoms with van der Waals surface area (Å²) in [5.41, 5.74) is 3.62. The Kier molecular flexibility index (Phi) is 9.13. The van der Waals surface area contributed by atoms with Gasteiger partial charge in [-0.2, -0.15) is 0 Å². The first-order chi connectivity index (χ1) is 12.8. The van der Waals surface area contributed by atoms with E-state index >= 15 is 0 Å². The zero-order valence-electron chi connectivity index (χ0n) is 17.4. The molecule has 2 rings (SSSR count). The number of benzene rings is 1. The van der Waals surface area contributed by atoms with Gasteiger partial charge in [-0.3, -0.25) is 9.98 Å². The molecule has 1 aromatic carbocycles. The van der Waals surface area contributed by atoms with Crippen LogP contribution in [0.4, 0.5) is 4.39 Å². The lowest BCUT2D eigenvalue weighted by Gasteiger charge is -2.27. The molecule has 0 radical (unpaired) electrons. The molecule has 0 atom stereocenters. The molecule has 1 heterocycles. The van der Waals surface area contributed by atoms with Crippen LogP contribution in [-0.2, 0) is 12.0 Å². The van der Waals surface area contributed by atoms with Crippen LogP contribution in [-0.4, -0.2) is 31.6 Å². The fourth-order valence-corrected chi connectivity index (χ4v) is 2.95. The van der Waals surface area contributed by atoms with E-state index in [1.165, 1.54) is 6.07 Å². The van der Waals surface area contributed by atoms with Crippen molar-refractivity contribution >= 4 is 29.9 Å². The van der Waals surface area contributed by atoms with Crippen LogP contribution in [0.2, 0.25) is 0 Å². The molecule has 7 heteroatoms. The molecule has 5 nitrogen and oxygen atoms in total. The zero-order chi connectivity index (χ0) is 20.0. The van der Waals surface area contributed by atoms with Gasteiger partial charge in [0.2, 0.25) is 0 Å². The van der Waals surface area contributed by atoms with Crippen molar-refractivity contribution in [2.24, 2.45) is 4.99 Å². The Morgan fingerprint density at radius 2 is 1.96 bits per heavy atom. The summed E-state index contributed by atoms with van der Waals surface area (Å²) in [6.07, 6.45) is 1.81. The molecule has 0 saturated carbocycles. The van der Waals surface area contributed by atoms with Gasteiger partial charge in [0.15, 0.2) is 5.96 Å². The lowest BCUT2D eigenvalue weighted by Crippen LogP contribution is -2.43. The van der Waals surface area contributed by atoms with E-state index < -0.39 is 0 Å². The molecule has 2 aromatic rings. The van der Waals surface area contributed by atoms with E-state index in [0.717, 1.165) is 28.1 Å². The number of aromatic nitrogens is 1. The number of nitrogens with one attached hydrogen (secondary N) is 2. The predicted molar refractivity (Wildman–Crippen MR) is 123 cm³/mol. The Bertz CT molecular complexity index is 824. The van der Waals surface area contributed by atoms with Crippen molar-refractivity contribution in [3.8, 4) is 5.75 Å². The van der Waals surface area contributed by atoms with Crippen LogP contribution in [0.15, 0.2) is 35.5 Å². The van der Waals surface area contributed by atoms with Crippen LogP contribution in [0, 0.1) is 19.7 Å². The molecule has 1 aromatic heterocycles.